The van der Waals surface area contributed by atoms with E-state index in [0.717, 1.165) is 43.6 Å². The molecule has 0 saturated heterocycles. The molecule has 0 fully saturated rings. The molecule has 1 aromatic carbocycles. The Morgan fingerprint density at radius 2 is 0.809 bits per heavy atom. The maximum absolute atomic E-state index is 12.5. The zero-order valence-corrected chi connectivity index (χ0v) is 31.9. The summed E-state index contributed by atoms with van der Waals surface area (Å²) < 4.78 is 6.03. The lowest BCUT2D eigenvalue weighted by atomic mass is 9.74. The van der Waals surface area contributed by atoms with Gasteiger partial charge in [0.25, 0.3) is 0 Å². The first-order valence-electron chi connectivity index (χ1n) is 21.1. The molecule has 274 valence electrons. The Balaban J connectivity index is 2.12. The van der Waals surface area contributed by atoms with Gasteiger partial charge in [-0.25, -0.2) is 0 Å². The number of benzene rings is 1. The summed E-state index contributed by atoms with van der Waals surface area (Å²) in [6.07, 6.45) is 41.8. The van der Waals surface area contributed by atoms with Gasteiger partial charge < -0.3 is 9.84 Å². The van der Waals surface area contributed by atoms with Crippen LogP contribution in [0.2, 0.25) is 0 Å². The smallest absolute Gasteiger partial charge is 0.314 e. The van der Waals surface area contributed by atoms with E-state index in [1.54, 1.807) is 0 Å². The van der Waals surface area contributed by atoms with Crippen molar-refractivity contribution in [3.05, 3.63) is 29.8 Å². The molecule has 47 heavy (non-hydrogen) atoms. The van der Waals surface area contributed by atoms with E-state index < -0.39 is 11.4 Å². The summed E-state index contributed by atoms with van der Waals surface area (Å²) in [5.74, 6) is 0.179. The van der Waals surface area contributed by atoms with Crippen LogP contribution in [0.1, 0.15) is 232 Å². The summed E-state index contributed by atoms with van der Waals surface area (Å²) in [6.45, 7) is 7.34. The number of ether oxygens (including phenoxy) is 1. The molecular weight excluding hydrogens is 576 g/mol. The summed E-state index contributed by atoms with van der Waals surface area (Å²) in [6, 6.07) is 7.98. The Morgan fingerprint density at radius 1 is 0.489 bits per heavy atom. The molecule has 0 saturated carbocycles. The van der Waals surface area contributed by atoms with Crippen molar-refractivity contribution in [2.24, 2.45) is 0 Å². The zero-order chi connectivity index (χ0) is 34.1. The average molecular weight is 657 g/mol. The van der Waals surface area contributed by atoms with Gasteiger partial charge in [-0.15, -0.1) is 0 Å². The van der Waals surface area contributed by atoms with Crippen LogP contribution in [0, 0.1) is 0 Å². The second-order valence-electron chi connectivity index (χ2n) is 14.8. The lowest BCUT2D eigenvalue weighted by molar-refractivity contribution is -0.144. The molecule has 1 N–H and O–H groups in total. The molecule has 0 amide bonds. The molecule has 0 aliphatic heterocycles. The molecule has 0 heterocycles. The van der Waals surface area contributed by atoms with Crippen LogP contribution in [0.15, 0.2) is 24.3 Å². The van der Waals surface area contributed by atoms with Gasteiger partial charge in [0.2, 0.25) is 0 Å². The maximum Gasteiger partial charge on any atom is 0.314 e. The topological polar surface area (TPSA) is 46.5 Å². The van der Waals surface area contributed by atoms with Crippen molar-refractivity contribution in [3.8, 4) is 5.75 Å². The van der Waals surface area contributed by atoms with E-state index in [9.17, 15) is 9.90 Å². The summed E-state index contributed by atoms with van der Waals surface area (Å²) in [5.41, 5.74) is 0.140. The monoisotopic (exact) mass is 657 g/mol. The highest BCUT2D eigenvalue weighted by Gasteiger charge is 2.38. The molecule has 1 aromatic rings. The van der Waals surface area contributed by atoms with Gasteiger partial charge in [-0.2, -0.15) is 0 Å². The first-order chi connectivity index (χ1) is 23.1. The first kappa shape index (κ1) is 43.5. The van der Waals surface area contributed by atoms with Crippen molar-refractivity contribution in [1.29, 1.82) is 0 Å². The van der Waals surface area contributed by atoms with Gasteiger partial charge in [0.05, 0.1) is 12.0 Å². The largest absolute Gasteiger partial charge is 0.494 e. The Morgan fingerprint density at radius 3 is 1.13 bits per heavy atom. The van der Waals surface area contributed by atoms with E-state index in [2.05, 4.69) is 13.8 Å². The van der Waals surface area contributed by atoms with Crippen LogP contribution in [-0.4, -0.2) is 17.7 Å². The van der Waals surface area contributed by atoms with Gasteiger partial charge >= 0.3 is 5.97 Å². The third kappa shape index (κ3) is 22.7. The van der Waals surface area contributed by atoms with E-state index in [0.29, 0.717) is 6.42 Å². The van der Waals surface area contributed by atoms with Gasteiger partial charge in [-0.3, -0.25) is 4.79 Å². The van der Waals surface area contributed by atoms with Crippen LogP contribution in [-0.2, 0) is 10.2 Å². The standard InChI is InChI=1S/C44H80O3/c1-4-7-9-11-13-15-17-19-21-22-24-26-28-30-32-34-40-47-42-37-35-41(36-38-42)44(6-3,43(45)46)39-33-31-29-27-25-23-20-18-16-14-12-10-8-5-2/h35-38H,4-34,39-40H2,1-3H3,(H,45,46). The predicted molar refractivity (Wildman–Crippen MR) is 206 cm³/mol. The van der Waals surface area contributed by atoms with E-state index in [1.165, 1.54) is 173 Å². The lowest BCUT2D eigenvalue weighted by Crippen LogP contribution is -2.35. The molecule has 0 radical (unpaired) electrons. The van der Waals surface area contributed by atoms with Gasteiger partial charge in [0.1, 0.15) is 5.75 Å². The Hall–Kier alpha value is -1.51. The quantitative estimate of drug-likeness (QED) is 0.0731. The number of carboxylic acids is 1. The highest BCUT2D eigenvalue weighted by molar-refractivity contribution is 5.81. The molecule has 0 spiro atoms. The Kier molecular flexibility index (Phi) is 29.4. The van der Waals surface area contributed by atoms with Crippen LogP contribution >= 0.6 is 0 Å². The van der Waals surface area contributed by atoms with Crippen LogP contribution < -0.4 is 4.74 Å². The predicted octanol–water partition coefficient (Wildman–Crippen LogP) is 14.9. The zero-order valence-electron chi connectivity index (χ0n) is 31.9. The highest BCUT2D eigenvalue weighted by Crippen LogP contribution is 2.35. The van der Waals surface area contributed by atoms with Gasteiger partial charge in [0, 0.05) is 0 Å². The number of carbonyl (C=O) groups is 1. The van der Waals surface area contributed by atoms with Crippen molar-refractivity contribution in [2.45, 2.75) is 232 Å². The summed E-state index contributed by atoms with van der Waals surface area (Å²) >= 11 is 0. The molecular formula is C44H80O3. The SMILES string of the molecule is CCCCCCCCCCCCCCCCCCOc1ccc(C(CC)(CCCCCCCCCCCCCCCC)C(=O)O)cc1. The third-order valence-corrected chi connectivity index (χ3v) is 10.6. The maximum atomic E-state index is 12.5. The van der Waals surface area contributed by atoms with Crippen molar-refractivity contribution in [1.82, 2.24) is 0 Å². The third-order valence-electron chi connectivity index (χ3n) is 10.6. The minimum Gasteiger partial charge on any atom is -0.494 e. The molecule has 0 aliphatic carbocycles. The number of unbranched alkanes of at least 4 members (excludes halogenated alkanes) is 28. The second-order valence-corrected chi connectivity index (χ2v) is 14.8. The minimum absolute atomic E-state index is 0.625. The van der Waals surface area contributed by atoms with E-state index in [1.807, 2.05) is 31.2 Å². The number of hydrogen-bond donors (Lipinski definition) is 1. The van der Waals surface area contributed by atoms with Crippen LogP contribution in [0.3, 0.4) is 0 Å². The fraction of sp³-hybridized carbons (Fsp3) is 0.841. The van der Waals surface area contributed by atoms with E-state index >= 15 is 0 Å². The van der Waals surface area contributed by atoms with Crippen LogP contribution in [0.4, 0.5) is 0 Å². The molecule has 0 aromatic heterocycles. The molecule has 3 nitrogen and oxygen atoms in total. The van der Waals surface area contributed by atoms with Crippen molar-refractivity contribution in [2.75, 3.05) is 6.61 Å². The Labute approximate surface area is 293 Å². The minimum atomic E-state index is -0.788. The first-order valence-corrected chi connectivity index (χ1v) is 21.1. The van der Waals surface area contributed by atoms with Gasteiger partial charge in [-0.1, -0.05) is 219 Å². The van der Waals surface area contributed by atoms with Crippen LogP contribution in [0.5, 0.6) is 5.75 Å². The molecule has 1 unspecified atom stereocenters. The van der Waals surface area contributed by atoms with Crippen molar-refractivity contribution >= 4 is 5.97 Å². The summed E-state index contributed by atoms with van der Waals surface area (Å²) in [4.78, 5) is 12.5. The van der Waals surface area contributed by atoms with Gasteiger partial charge in [-0.05, 0) is 37.0 Å². The molecule has 1 atom stereocenters. The molecule has 1 rings (SSSR count). The summed E-state index contributed by atoms with van der Waals surface area (Å²) in [5, 5.41) is 10.3. The van der Waals surface area contributed by atoms with Crippen LogP contribution in [0.25, 0.3) is 0 Å². The van der Waals surface area contributed by atoms with Crippen molar-refractivity contribution in [3.63, 3.8) is 0 Å². The number of aliphatic carboxylic acids is 1. The number of carboxylic acid groups (broad SMARTS) is 1. The Bertz CT molecular complexity index is 803. The average Bonchev–Trinajstić information content (AvgIpc) is 3.08. The molecule has 3 heteroatoms. The number of rotatable bonds is 36. The fourth-order valence-corrected chi connectivity index (χ4v) is 7.24. The normalized spacial score (nSPS) is 12.7. The van der Waals surface area contributed by atoms with E-state index in [4.69, 9.17) is 4.74 Å². The number of hydrogen-bond acceptors (Lipinski definition) is 2. The molecule has 0 aliphatic rings. The highest BCUT2D eigenvalue weighted by atomic mass is 16.5. The lowest BCUT2D eigenvalue weighted by Gasteiger charge is -2.29. The van der Waals surface area contributed by atoms with Gasteiger partial charge in [0.15, 0.2) is 0 Å². The molecule has 0 bridgehead atoms. The van der Waals surface area contributed by atoms with E-state index in [-0.39, 0.29) is 0 Å². The second kappa shape index (κ2) is 31.7. The van der Waals surface area contributed by atoms with Crippen molar-refractivity contribution < 1.29 is 14.6 Å². The summed E-state index contributed by atoms with van der Waals surface area (Å²) in [7, 11) is 0. The fourth-order valence-electron chi connectivity index (χ4n) is 7.24.